The molecule has 6 aliphatic rings. The minimum Gasteiger partial charge on any atom is -0.393 e. The van der Waals surface area contributed by atoms with Crippen LogP contribution in [0.5, 0.6) is 0 Å². The Morgan fingerprint density at radius 2 is 2.06 bits per heavy atom. The highest BCUT2D eigenvalue weighted by Crippen LogP contribution is 2.69. The number of rotatable bonds is 3. The molecule has 0 aromatic carbocycles. The summed E-state index contributed by atoms with van der Waals surface area (Å²) in [4.78, 5) is 25.5. The first-order chi connectivity index (χ1) is 16.2. The second-order valence-electron chi connectivity index (χ2n) is 11.9. The highest BCUT2D eigenvalue weighted by atomic mass is 16.7. The highest BCUT2D eigenvalue weighted by molar-refractivity contribution is 6.01. The lowest BCUT2D eigenvalue weighted by Gasteiger charge is -2.59. The quantitative estimate of drug-likeness (QED) is 0.617. The van der Waals surface area contributed by atoms with E-state index in [0.29, 0.717) is 12.8 Å². The van der Waals surface area contributed by atoms with Gasteiger partial charge in [0.2, 0.25) is 0 Å². The summed E-state index contributed by atoms with van der Waals surface area (Å²) in [6, 6.07) is 0. The molecule has 0 bridgehead atoms. The van der Waals surface area contributed by atoms with Crippen LogP contribution in [0.4, 0.5) is 0 Å². The molecule has 0 aromatic heterocycles. The number of ether oxygens (including phenoxy) is 2. The molecule has 0 aromatic rings. The van der Waals surface area contributed by atoms with Crippen molar-refractivity contribution in [3.05, 3.63) is 35.5 Å². The zero-order valence-electron chi connectivity index (χ0n) is 20.2. The van der Waals surface area contributed by atoms with Gasteiger partial charge in [-0.25, -0.2) is 0 Å². The molecule has 6 nitrogen and oxygen atoms in total. The van der Waals surface area contributed by atoms with Crippen molar-refractivity contribution in [1.82, 2.24) is 0 Å². The van der Waals surface area contributed by atoms with Crippen molar-refractivity contribution in [1.29, 1.82) is 0 Å². The Hall–Kier alpha value is -1.60. The molecule has 1 aliphatic heterocycles. The van der Waals surface area contributed by atoms with Gasteiger partial charge in [-0.05, 0) is 80.9 Å². The van der Waals surface area contributed by atoms with Gasteiger partial charge in [-0.1, -0.05) is 31.6 Å². The van der Waals surface area contributed by atoms with Gasteiger partial charge in [0.05, 0.1) is 12.2 Å². The van der Waals surface area contributed by atoms with Crippen molar-refractivity contribution >= 4 is 11.6 Å². The molecule has 4 fully saturated rings. The number of hydrogen-bond donors (Lipinski definition) is 2. The first-order valence-corrected chi connectivity index (χ1v) is 13.0. The number of hydrogen-bond acceptors (Lipinski definition) is 6. The Bertz CT molecular complexity index is 1010. The Kier molecular flexibility index (Phi) is 5.17. The van der Waals surface area contributed by atoms with E-state index in [4.69, 9.17) is 9.47 Å². The number of carbonyl (C=O) groups excluding carboxylic acids is 2. The number of aliphatic hydroxyl groups excluding tert-OH is 2. The number of fused-ring (bicyclic) bond motifs is 7. The van der Waals surface area contributed by atoms with Gasteiger partial charge in [0.1, 0.15) is 6.61 Å². The molecular formula is C28H36O6. The molecule has 0 amide bonds. The van der Waals surface area contributed by atoms with Crippen LogP contribution in [0.15, 0.2) is 35.5 Å². The van der Waals surface area contributed by atoms with E-state index in [1.807, 2.05) is 6.08 Å². The maximum absolute atomic E-state index is 13.5. The summed E-state index contributed by atoms with van der Waals surface area (Å²) in [6.07, 6.45) is 12.9. The molecule has 0 spiro atoms. The smallest absolute Gasteiger partial charge is 0.193 e. The highest BCUT2D eigenvalue weighted by Gasteiger charge is 2.75. The molecule has 1 saturated heterocycles. The van der Waals surface area contributed by atoms with E-state index in [9.17, 15) is 19.8 Å². The maximum atomic E-state index is 13.5. The molecule has 34 heavy (non-hydrogen) atoms. The van der Waals surface area contributed by atoms with Crippen LogP contribution < -0.4 is 0 Å². The summed E-state index contributed by atoms with van der Waals surface area (Å²) in [7, 11) is 0. The normalized spacial score (nSPS) is 49.5. The third kappa shape index (κ3) is 2.83. The fourth-order valence-electron chi connectivity index (χ4n) is 8.93. The summed E-state index contributed by atoms with van der Waals surface area (Å²) in [5.41, 5.74) is -0.0114. The standard InChI is InChI=1S/C28H36O6/c1-26-11-10-18(30)12-17(26)8-9-19-20-13-23-28(22(32)15-29,27(20,2)14-21(31)24(19)26)34-25(33-23)16-6-4-3-5-7-16/h6,10-12,19-21,23-25,29,31H,3-5,7-9,13-15H2,1-2H3/t19-,20-,21-,23+,24+,25-,26-,27-,28+/m0/s1. The van der Waals surface area contributed by atoms with Crippen LogP contribution >= 0.6 is 0 Å². The van der Waals surface area contributed by atoms with E-state index in [0.717, 1.165) is 49.7 Å². The molecule has 184 valence electrons. The van der Waals surface area contributed by atoms with E-state index in [-0.39, 0.29) is 34.7 Å². The molecular weight excluding hydrogens is 432 g/mol. The van der Waals surface area contributed by atoms with Crippen LogP contribution in [-0.2, 0) is 19.1 Å². The Morgan fingerprint density at radius 3 is 2.79 bits per heavy atom. The SMILES string of the molecule is C[C@]12C=CC(=O)C=C1CC[C@@H]1[C@@H]2[C@@H](O)C[C@@]2(C)[C@H]1C[C@H]1O[C@H](C3=CCCCC3)O[C@]12C(=O)CO. The van der Waals surface area contributed by atoms with Crippen molar-refractivity contribution < 1.29 is 29.3 Å². The average Bonchev–Trinajstić information content (AvgIpc) is 3.32. The second-order valence-corrected chi connectivity index (χ2v) is 11.9. The van der Waals surface area contributed by atoms with Gasteiger partial charge in [0.15, 0.2) is 23.5 Å². The molecule has 6 heteroatoms. The predicted octanol–water partition coefficient (Wildman–Crippen LogP) is 3.42. The van der Waals surface area contributed by atoms with Crippen molar-refractivity contribution in [2.24, 2.45) is 28.6 Å². The number of carbonyl (C=O) groups is 2. The molecule has 2 N–H and O–H groups in total. The molecule has 0 unspecified atom stereocenters. The molecule has 5 aliphatic carbocycles. The zero-order chi connectivity index (χ0) is 23.9. The van der Waals surface area contributed by atoms with Crippen LogP contribution in [0.25, 0.3) is 0 Å². The number of Topliss-reactive ketones (excluding diaryl/α,β-unsaturated/α-hetero) is 1. The minimum atomic E-state index is -1.24. The minimum absolute atomic E-state index is 0.0214. The number of ketones is 2. The summed E-state index contributed by atoms with van der Waals surface area (Å²) in [6.45, 7) is 3.64. The van der Waals surface area contributed by atoms with E-state index in [1.54, 1.807) is 12.2 Å². The predicted molar refractivity (Wildman–Crippen MR) is 125 cm³/mol. The van der Waals surface area contributed by atoms with Gasteiger partial charge < -0.3 is 19.7 Å². The molecule has 3 saturated carbocycles. The Morgan fingerprint density at radius 1 is 1.24 bits per heavy atom. The van der Waals surface area contributed by atoms with Crippen molar-refractivity contribution in [2.45, 2.75) is 89.3 Å². The lowest BCUT2D eigenvalue weighted by molar-refractivity contribution is -0.195. The Labute approximate surface area is 201 Å². The van der Waals surface area contributed by atoms with Gasteiger partial charge in [0, 0.05) is 16.7 Å². The summed E-state index contributed by atoms with van der Waals surface area (Å²) in [5.74, 6) is -0.00660. The van der Waals surface area contributed by atoms with Crippen LogP contribution in [-0.4, -0.2) is 52.5 Å². The second kappa shape index (κ2) is 7.70. The van der Waals surface area contributed by atoms with E-state index < -0.39 is 36.1 Å². The Balaban J connectivity index is 1.39. The lowest BCUT2D eigenvalue weighted by atomic mass is 9.46. The summed E-state index contributed by atoms with van der Waals surface area (Å²) in [5, 5.41) is 21.7. The van der Waals surface area contributed by atoms with Crippen molar-refractivity contribution in [2.75, 3.05) is 6.61 Å². The third-order valence-corrected chi connectivity index (χ3v) is 10.4. The van der Waals surface area contributed by atoms with Gasteiger partial charge in [-0.2, -0.15) is 0 Å². The topological polar surface area (TPSA) is 93.1 Å². The molecule has 9 atom stereocenters. The zero-order valence-corrected chi connectivity index (χ0v) is 20.2. The lowest BCUT2D eigenvalue weighted by Crippen LogP contribution is -2.63. The van der Waals surface area contributed by atoms with Gasteiger partial charge in [-0.3, -0.25) is 9.59 Å². The number of aliphatic hydroxyl groups is 2. The fraction of sp³-hybridized carbons (Fsp3) is 0.714. The van der Waals surface area contributed by atoms with E-state index >= 15 is 0 Å². The van der Waals surface area contributed by atoms with Crippen LogP contribution in [0.2, 0.25) is 0 Å². The van der Waals surface area contributed by atoms with Crippen LogP contribution in [0.1, 0.15) is 65.2 Å². The van der Waals surface area contributed by atoms with Gasteiger partial charge in [0.25, 0.3) is 0 Å². The van der Waals surface area contributed by atoms with Crippen molar-refractivity contribution in [3.63, 3.8) is 0 Å². The number of allylic oxidation sites excluding steroid dienone is 5. The van der Waals surface area contributed by atoms with Crippen LogP contribution in [0.3, 0.4) is 0 Å². The third-order valence-electron chi connectivity index (χ3n) is 10.4. The first kappa shape index (κ1) is 22.8. The fourth-order valence-corrected chi connectivity index (χ4v) is 8.93. The van der Waals surface area contributed by atoms with Gasteiger partial charge in [-0.15, -0.1) is 0 Å². The molecule has 0 radical (unpaired) electrons. The largest absolute Gasteiger partial charge is 0.393 e. The summed E-state index contributed by atoms with van der Waals surface area (Å²) < 4.78 is 13.1. The molecule has 1 heterocycles. The van der Waals surface area contributed by atoms with Crippen molar-refractivity contribution in [3.8, 4) is 0 Å². The van der Waals surface area contributed by atoms with Crippen LogP contribution in [0, 0.1) is 28.6 Å². The van der Waals surface area contributed by atoms with Gasteiger partial charge >= 0.3 is 0 Å². The maximum Gasteiger partial charge on any atom is 0.193 e. The van der Waals surface area contributed by atoms with E-state index in [2.05, 4.69) is 19.9 Å². The monoisotopic (exact) mass is 468 g/mol. The van der Waals surface area contributed by atoms with E-state index in [1.165, 1.54) is 0 Å². The average molecular weight is 469 g/mol. The summed E-state index contributed by atoms with van der Waals surface area (Å²) >= 11 is 0. The molecule has 6 rings (SSSR count). The first-order valence-electron chi connectivity index (χ1n) is 13.0.